The van der Waals surface area contributed by atoms with Crippen molar-refractivity contribution in [1.29, 1.82) is 0 Å². The molecule has 2 aliphatic heterocycles. The number of nitrogens with one attached hydrogen (secondary N) is 1. The van der Waals surface area contributed by atoms with Crippen molar-refractivity contribution >= 4 is 11.9 Å². The zero-order chi connectivity index (χ0) is 16.7. The molecule has 2 fully saturated rings. The summed E-state index contributed by atoms with van der Waals surface area (Å²) < 4.78 is 5.67. The lowest BCUT2D eigenvalue weighted by Gasteiger charge is -2.26. The predicted molar refractivity (Wildman–Crippen MR) is 85.0 cm³/mol. The topological polar surface area (TPSA) is 75.6 Å². The molecule has 2 heterocycles. The number of carboxylic acid groups (broad SMARTS) is 1. The van der Waals surface area contributed by atoms with Gasteiger partial charge in [-0.15, -0.1) is 0 Å². The van der Waals surface area contributed by atoms with E-state index in [1.165, 1.54) is 0 Å². The minimum atomic E-state index is -0.934. The lowest BCUT2D eigenvalue weighted by atomic mass is 9.78. The van der Waals surface area contributed by atoms with Crippen LogP contribution in [0.15, 0.2) is 18.2 Å². The Morgan fingerprint density at radius 1 is 1.22 bits per heavy atom. The highest BCUT2D eigenvalue weighted by Crippen LogP contribution is 2.43. The van der Waals surface area contributed by atoms with E-state index in [1.807, 2.05) is 32.9 Å². The summed E-state index contributed by atoms with van der Waals surface area (Å²) in [5.41, 5.74) is 3.31. The van der Waals surface area contributed by atoms with Gasteiger partial charge in [-0.25, -0.2) is 0 Å². The summed E-state index contributed by atoms with van der Waals surface area (Å²) >= 11 is 0. The maximum atomic E-state index is 12.7. The van der Waals surface area contributed by atoms with Crippen LogP contribution in [-0.4, -0.2) is 29.2 Å². The Labute approximate surface area is 136 Å². The van der Waals surface area contributed by atoms with Gasteiger partial charge in [-0.05, 0) is 44.7 Å². The zero-order valence-electron chi connectivity index (χ0n) is 13.7. The van der Waals surface area contributed by atoms with Gasteiger partial charge < -0.3 is 15.2 Å². The minimum Gasteiger partial charge on any atom is -0.481 e. The lowest BCUT2D eigenvalue weighted by molar-refractivity contribution is -0.148. The molecule has 2 bridgehead atoms. The van der Waals surface area contributed by atoms with Crippen LogP contribution < -0.4 is 5.32 Å². The summed E-state index contributed by atoms with van der Waals surface area (Å²) in [6, 6.07) is 5.98. The molecular weight excluding hydrogens is 294 g/mol. The van der Waals surface area contributed by atoms with Crippen LogP contribution in [0.2, 0.25) is 0 Å². The molecule has 1 amide bonds. The largest absolute Gasteiger partial charge is 0.481 e. The number of benzene rings is 1. The summed E-state index contributed by atoms with van der Waals surface area (Å²) in [6.07, 6.45) is 0.929. The normalized spacial score (nSPS) is 30.2. The SMILES string of the molecule is Cc1ccc(C)c([C@H](C)NC(=O)[C@@H]2[C@@H](C(=O)O)[C@@H]3CC[C@@H]2O3)c1. The van der Waals surface area contributed by atoms with Crippen molar-refractivity contribution < 1.29 is 19.4 Å². The molecule has 0 unspecified atom stereocenters. The summed E-state index contributed by atoms with van der Waals surface area (Å²) in [6.45, 7) is 5.96. The molecule has 2 saturated heterocycles. The number of carbonyl (C=O) groups excluding carboxylic acids is 1. The Morgan fingerprint density at radius 2 is 1.87 bits per heavy atom. The number of carboxylic acids is 1. The zero-order valence-corrected chi connectivity index (χ0v) is 13.7. The van der Waals surface area contributed by atoms with Gasteiger partial charge >= 0.3 is 5.97 Å². The van der Waals surface area contributed by atoms with E-state index in [0.29, 0.717) is 0 Å². The van der Waals surface area contributed by atoms with Crippen LogP contribution in [-0.2, 0) is 14.3 Å². The molecule has 1 aromatic carbocycles. The molecule has 3 rings (SSSR count). The van der Waals surface area contributed by atoms with E-state index in [4.69, 9.17) is 4.74 Å². The lowest BCUT2D eigenvalue weighted by Crippen LogP contribution is -2.44. The molecule has 1 aromatic rings. The standard InChI is InChI=1S/C18H23NO4/c1-9-4-5-10(2)12(8-9)11(3)19-17(20)15-13-6-7-14(23-13)16(15)18(21)22/h4-5,8,11,13-16H,6-7H2,1-3H3,(H,19,20)(H,21,22)/t11-,13-,14-,15-,16-/m0/s1. The molecule has 0 radical (unpaired) electrons. The van der Waals surface area contributed by atoms with Crippen LogP contribution >= 0.6 is 0 Å². The monoisotopic (exact) mass is 317 g/mol. The van der Waals surface area contributed by atoms with E-state index in [1.54, 1.807) is 0 Å². The first kappa shape index (κ1) is 16.0. The summed E-state index contributed by atoms with van der Waals surface area (Å²) in [4.78, 5) is 24.2. The second kappa shape index (κ2) is 5.96. The average molecular weight is 317 g/mol. The molecule has 0 saturated carbocycles. The number of aliphatic carboxylic acids is 1. The summed E-state index contributed by atoms with van der Waals surface area (Å²) in [7, 11) is 0. The molecule has 5 nitrogen and oxygen atoms in total. The minimum absolute atomic E-state index is 0.157. The van der Waals surface area contributed by atoms with Crippen molar-refractivity contribution in [1.82, 2.24) is 5.32 Å². The highest BCUT2D eigenvalue weighted by molar-refractivity contribution is 5.86. The number of aryl methyl sites for hydroxylation is 2. The van der Waals surface area contributed by atoms with E-state index in [2.05, 4.69) is 11.4 Å². The Hall–Kier alpha value is -1.88. The molecular formula is C18H23NO4. The van der Waals surface area contributed by atoms with Gasteiger partial charge in [0.2, 0.25) is 5.91 Å². The number of hydrogen-bond donors (Lipinski definition) is 2. The molecule has 124 valence electrons. The van der Waals surface area contributed by atoms with Crippen LogP contribution in [0, 0.1) is 25.7 Å². The molecule has 0 aliphatic carbocycles. The predicted octanol–water partition coefficient (Wildman–Crippen LogP) is 2.36. The molecule has 2 aliphatic rings. The summed E-state index contributed by atoms with van der Waals surface area (Å²) in [5, 5.41) is 12.4. The third kappa shape index (κ3) is 2.85. The molecule has 0 aromatic heterocycles. The van der Waals surface area contributed by atoms with Crippen LogP contribution in [0.3, 0.4) is 0 Å². The fourth-order valence-corrected chi connectivity index (χ4v) is 3.94. The highest BCUT2D eigenvalue weighted by atomic mass is 16.5. The van der Waals surface area contributed by atoms with Crippen molar-refractivity contribution in [3.8, 4) is 0 Å². The van der Waals surface area contributed by atoms with Gasteiger partial charge in [0.25, 0.3) is 0 Å². The Morgan fingerprint density at radius 3 is 2.52 bits per heavy atom. The quantitative estimate of drug-likeness (QED) is 0.894. The van der Waals surface area contributed by atoms with Gasteiger partial charge in [0.05, 0.1) is 30.1 Å². The first-order valence-electron chi connectivity index (χ1n) is 8.14. The second-order valence-corrected chi connectivity index (χ2v) is 6.77. The van der Waals surface area contributed by atoms with Gasteiger partial charge in [0.15, 0.2) is 0 Å². The van der Waals surface area contributed by atoms with Crippen molar-refractivity contribution in [3.05, 3.63) is 34.9 Å². The smallest absolute Gasteiger partial charge is 0.310 e. The first-order chi connectivity index (χ1) is 10.9. The molecule has 2 N–H and O–H groups in total. The van der Waals surface area contributed by atoms with E-state index in [9.17, 15) is 14.7 Å². The average Bonchev–Trinajstić information content (AvgIpc) is 3.10. The number of hydrogen-bond acceptors (Lipinski definition) is 3. The van der Waals surface area contributed by atoms with Gasteiger partial charge in [-0.1, -0.05) is 23.8 Å². The maximum Gasteiger partial charge on any atom is 0.310 e. The van der Waals surface area contributed by atoms with Gasteiger partial charge in [-0.2, -0.15) is 0 Å². The highest BCUT2D eigenvalue weighted by Gasteiger charge is 2.55. The summed E-state index contributed by atoms with van der Waals surface area (Å²) in [5.74, 6) is -2.45. The van der Waals surface area contributed by atoms with Crippen molar-refractivity contribution in [2.75, 3.05) is 0 Å². The van der Waals surface area contributed by atoms with Gasteiger partial charge in [0, 0.05) is 0 Å². The molecule has 5 heteroatoms. The van der Waals surface area contributed by atoms with Crippen molar-refractivity contribution in [2.24, 2.45) is 11.8 Å². The van der Waals surface area contributed by atoms with Crippen molar-refractivity contribution in [3.63, 3.8) is 0 Å². The van der Waals surface area contributed by atoms with Crippen LogP contribution in [0.5, 0.6) is 0 Å². The second-order valence-electron chi connectivity index (χ2n) is 6.77. The van der Waals surface area contributed by atoms with Crippen molar-refractivity contribution in [2.45, 2.75) is 51.9 Å². The van der Waals surface area contributed by atoms with E-state index < -0.39 is 17.8 Å². The van der Waals surface area contributed by atoms with Crippen LogP contribution in [0.25, 0.3) is 0 Å². The van der Waals surface area contributed by atoms with Gasteiger partial charge in [-0.3, -0.25) is 9.59 Å². The Balaban J connectivity index is 1.76. The van der Waals surface area contributed by atoms with E-state index in [-0.39, 0.29) is 24.2 Å². The number of rotatable bonds is 4. The number of amides is 1. The Kier molecular flexibility index (Phi) is 4.15. The number of carbonyl (C=O) groups is 2. The number of ether oxygens (including phenoxy) is 1. The van der Waals surface area contributed by atoms with Gasteiger partial charge in [0.1, 0.15) is 0 Å². The molecule has 23 heavy (non-hydrogen) atoms. The number of fused-ring (bicyclic) bond motifs is 2. The first-order valence-corrected chi connectivity index (χ1v) is 8.14. The third-order valence-electron chi connectivity index (χ3n) is 5.12. The van der Waals surface area contributed by atoms with Crippen LogP contribution in [0.1, 0.15) is 42.5 Å². The maximum absolute atomic E-state index is 12.7. The van der Waals surface area contributed by atoms with E-state index >= 15 is 0 Å². The van der Waals surface area contributed by atoms with E-state index in [0.717, 1.165) is 29.5 Å². The fourth-order valence-electron chi connectivity index (χ4n) is 3.94. The molecule has 5 atom stereocenters. The third-order valence-corrected chi connectivity index (χ3v) is 5.12. The molecule has 0 spiro atoms. The van der Waals surface area contributed by atoms with Crippen LogP contribution in [0.4, 0.5) is 0 Å². The Bertz CT molecular complexity index is 642. The fraction of sp³-hybridized carbons (Fsp3) is 0.556.